The van der Waals surface area contributed by atoms with Gasteiger partial charge in [-0.05, 0) is 37.5 Å². The van der Waals surface area contributed by atoms with Crippen molar-refractivity contribution in [3.05, 3.63) is 44.9 Å². The first-order valence-corrected chi connectivity index (χ1v) is 9.11. The lowest BCUT2D eigenvalue weighted by Gasteiger charge is -2.22. The molecule has 1 N–H and O–H groups in total. The van der Waals surface area contributed by atoms with Crippen molar-refractivity contribution in [2.24, 2.45) is 0 Å². The number of carbonyl (C=O) groups is 2. The fraction of sp³-hybridized carbons (Fsp3) is 0.312. The number of halogens is 2. The van der Waals surface area contributed by atoms with E-state index in [4.69, 9.17) is 23.2 Å². The number of benzene rings is 1. The van der Waals surface area contributed by atoms with Crippen molar-refractivity contribution < 1.29 is 9.59 Å². The molecular weight excluding hydrogens is 369 g/mol. The molecule has 3 amide bonds. The van der Waals surface area contributed by atoms with Gasteiger partial charge >= 0.3 is 6.03 Å². The predicted molar refractivity (Wildman–Crippen MR) is 93.9 cm³/mol. The summed E-state index contributed by atoms with van der Waals surface area (Å²) in [5, 5.41) is 5.80. The summed E-state index contributed by atoms with van der Waals surface area (Å²) in [4.78, 5) is 31.0. The Hall–Kier alpha value is -1.63. The minimum Gasteiger partial charge on any atom is -0.319 e. The van der Waals surface area contributed by atoms with Crippen LogP contribution >= 0.6 is 34.5 Å². The summed E-state index contributed by atoms with van der Waals surface area (Å²) in [5.41, 5.74) is 0.340. The molecule has 1 aromatic heterocycles. The summed E-state index contributed by atoms with van der Waals surface area (Å²) in [5.74, 6) is 0.0970. The van der Waals surface area contributed by atoms with Gasteiger partial charge in [0.25, 0.3) is 5.91 Å². The quantitative estimate of drug-likeness (QED) is 0.806. The molecule has 0 spiro atoms. The van der Waals surface area contributed by atoms with E-state index in [2.05, 4.69) is 10.3 Å². The zero-order valence-electron chi connectivity index (χ0n) is 12.7. The van der Waals surface area contributed by atoms with Gasteiger partial charge in [-0.25, -0.2) is 14.7 Å². The van der Waals surface area contributed by atoms with E-state index in [1.807, 2.05) is 5.38 Å². The first-order chi connectivity index (χ1) is 11.4. The number of hydrogen-bond donors (Lipinski definition) is 1. The molecule has 2 heterocycles. The number of thiazole rings is 1. The van der Waals surface area contributed by atoms with Gasteiger partial charge < -0.3 is 5.32 Å². The van der Waals surface area contributed by atoms with Crippen molar-refractivity contribution in [2.45, 2.75) is 31.2 Å². The molecule has 1 aliphatic carbocycles. The number of amides is 3. The second kappa shape index (κ2) is 5.44. The number of nitrogens with one attached hydrogen (secondary N) is 1. The molecule has 1 unspecified atom stereocenters. The lowest BCUT2D eigenvalue weighted by Crippen LogP contribution is -2.40. The number of nitrogens with zero attached hydrogens (tertiary/aromatic N) is 2. The van der Waals surface area contributed by atoms with Crippen molar-refractivity contribution in [3.63, 3.8) is 0 Å². The number of urea groups is 1. The molecule has 1 aromatic carbocycles. The first kappa shape index (κ1) is 15.9. The molecule has 2 aromatic rings. The Morgan fingerprint density at radius 3 is 2.71 bits per heavy atom. The normalized spacial score (nSPS) is 23.7. The standard InChI is InChI=1S/C16H13Cl2N3O2S/c1-16(9-4-5-10(17)11(18)6-9)13(22)21(14(23)20-16)15-19-12(7-24-15)8-2-3-8/h4-8H,2-3H2,1H3,(H,20,23). The number of carbonyl (C=O) groups excluding carboxylic acids is 2. The Labute approximate surface area is 152 Å². The molecule has 8 heteroatoms. The smallest absolute Gasteiger partial charge is 0.319 e. The molecule has 124 valence electrons. The second-order valence-electron chi connectivity index (χ2n) is 6.15. The highest BCUT2D eigenvalue weighted by Gasteiger charge is 2.51. The summed E-state index contributed by atoms with van der Waals surface area (Å²) in [6.07, 6.45) is 2.23. The Bertz CT molecular complexity index is 865. The van der Waals surface area contributed by atoms with Crippen molar-refractivity contribution in [1.82, 2.24) is 10.3 Å². The van der Waals surface area contributed by atoms with E-state index in [1.165, 1.54) is 11.3 Å². The summed E-state index contributed by atoms with van der Waals surface area (Å²) in [6.45, 7) is 1.65. The van der Waals surface area contributed by atoms with Gasteiger partial charge in [-0.1, -0.05) is 29.3 Å². The fourth-order valence-electron chi connectivity index (χ4n) is 2.76. The van der Waals surface area contributed by atoms with Gasteiger partial charge in [-0.3, -0.25) is 4.79 Å². The van der Waals surface area contributed by atoms with Crippen LogP contribution in [-0.2, 0) is 10.3 Å². The van der Waals surface area contributed by atoms with Crippen molar-refractivity contribution >= 4 is 51.6 Å². The highest BCUT2D eigenvalue weighted by molar-refractivity contribution is 7.14. The van der Waals surface area contributed by atoms with Crippen LogP contribution in [0.1, 0.15) is 36.9 Å². The second-order valence-corrected chi connectivity index (χ2v) is 7.80. The van der Waals surface area contributed by atoms with E-state index in [9.17, 15) is 9.59 Å². The average molecular weight is 382 g/mol. The molecule has 2 fully saturated rings. The number of anilines is 1. The molecule has 1 aliphatic heterocycles. The van der Waals surface area contributed by atoms with Crippen LogP contribution in [0.25, 0.3) is 0 Å². The van der Waals surface area contributed by atoms with E-state index in [0.29, 0.717) is 26.7 Å². The predicted octanol–water partition coefficient (Wildman–Crippen LogP) is 4.30. The van der Waals surface area contributed by atoms with Crippen LogP contribution in [0.15, 0.2) is 23.6 Å². The Balaban J connectivity index is 1.70. The van der Waals surface area contributed by atoms with Crippen LogP contribution in [0.2, 0.25) is 10.0 Å². The summed E-state index contributed by atoms with van der Waals surface area (Å²) in [7, 11) is 0. The Kier molecular flexibility index (Phi) is 3.60. The number of aromatic nitrogens is 1. The zero-order valence-corrected chi connectivity index (χ0v) is 15.0. The van der Waals surface area contributed by atoms with Crippen LogP contribution in [0, 0.1) is 0 Å². The van der Waals surface area contributed by atoms with E-state index >= 15 is 0 Å². The van der Waals surface area contributed by atoms with Gasteiger partial charge in [0.05, 0.1) is 15.7 Å². The van der Waals surface area contributed by atoms with E-state index in [1.54, 1.807) is 25.1 Å². The molecule has 1 atom stereocenters. The minimum atomic E-state index is -1.20. The van der Waals surface area contributed by atoms with Gasteiger partial charge in [0, 0.05) is 11.3 Å². The third-order valence-electron chi connectivity index (χ3n) is 4.38. The maximum Gasteiger partial charge on any atom is 0.331 e. The number of imide groups is 1. The van der Waals surface area contributed by atoms with Gasteiger partial charge in [-0.2, -0.15) is 0 Å². The third-order valence-corrected chi connectivity index (χ3v) is 5.97. The molecule has 1 saturated heterocycles. The van der Waals surface area contributed by atoms with Gasteiger partial charge in [0.2, 0.25) is 5.13 Å². The average Bonchev–Trinajstić information content (AvgIpc) is 3.23. The fourth-order valence-corrected chi connectivity index (χ4v) is 3.96. The number of hydrogen-bond acceptors (Lipinski definition) is 4. The monoisotopic (exact) mass is 381 g/mol. The molecule has 2 aliphatic rings. The topological polar surface area (TPSA) is 62.3 Å². The van der Waals surface area contributed by atoms with Crippen LogP contribution in [0.3, 0.4) is 0 Å². The summed E-state index contributed by atoms with van der Waals surface area (Å²) >= 11 is 13.3. The van der Waals surface area contributed by atoms with E-state index in [-0.39, 0.29) is 5.91 Å². The maximum absolute atomic E-state index is 13.0. The molecule has 1 saturated carbocycles. The van der Waals surface area contributed by atoms with Crippen molar-refractivity contribution in [3.8, 4) is 0 Å². The van der Waals surface area contributed by atoms with Gasteiger partial charge in [0.15, 0.2) is 0 Å². The summed E-state index contributed by atoms with van der Waals surface area (Å²) in [6, 6.07) is 4.42. The summed E-state index contributed by atoms with van der Waals surface area (Å²) < 4.78 is 0. The van der Waals surface area contributed by atoms with Crippen molar-refractivity contribution in [2.75, 3.05) is 4.90 Å². The van der Waals surface area contributed by atoms with Crippen LogP contribution in [0.4, 0.5) is 9.93 Å². The maximum atomic E-state index is 13.0. The van der Waals surface area contributed by atoms with E-state index < -0.39 is 11.6 Å². The van der Waals surface area contributed by atoms with Crippen LogP contribution < -0.4 is 10.2 Å². The third kappa shape index (κ3) is 2.41. The highest BCUT2D eigenvalue weighted by atomic mass is 35.5. The van der Waals surface area contributed by atoms with Crippen LogP contribution in [0.5, 0.6) is 0 Å². The minimum absolute atomic E-state index is 0.334. The molecule has 5 nitrogen and oxygen atoms in total. The molecule has 24 heavy (non-hydrogen) atoms. The molecular formula is C16H13Cl2N3O2S. The SMILES string of the molecule is CC1(c2ccc(Cl)c(Cl)c2)NC(=O)N(c2nc(C3CC3)cs2)C1=O. The Morgan fingerprint density at radius 1 is 1.29 bits per heavy atom. The zero-order chi connectivity index (χ0) is 17.1. The van der Waals surface area contributed by atoms with Crippen LogP contribution in [-0.4, -0.2) is 16.9 Å². The van der Waals surface area contributed by atoms with Crippen molar-refractivity contribution in [1.29, 1.82) is 0 Å². The van der Waals surface area contributed by atoms with Gasteiger partial charge in [0.1, 0.15) is 5.54 Å². The number of rotatable bonds is 3. The lowest BCUT2D eigenvalue weighted by molar-refractivity contribution is -0.121. The molecule has 0 radical (unpaired) electrons. The lowest BCUT2D eigenvalue weighted by atomic mass is 9.92. The molecule has 4 rings (SSSR count). The first-order valence-electron chi connectivity index (χ1n) is 7.48. The van der Waals surface area contributed by atoms with Gasteiger partial charge in [-0.15, -0.1) is 11.3 Å². The highest BCUT2D eigenvalue weighted by Crippen LogP contribution is 2.42. The van der Waals surface area contributed by atoms with E-state index in [0.717, 1.165) is 23.4 Å². The molecule has 0 bridgehead atoms. The Morgan fingerprint density at radius 2 is 2.04 bits per heavy atom. The largest absolute Gasteiger partial charge is 0.331 e.